The lowest BCUT2D eigenvalue weighted by Crippen LogP contribution is -2.17. The van der Waals surface area contributed by atoms with Crippen LogP contribution in [0.5, 0.6) is 0 Å². The van der Waals surface area contributed by atoms with E-state index < -0.39 is 34.1 Å². The van der Waals surface area contributed by atoms with Crippen molar-refractivity contribution in [2.24, 2.45) is 0 Å². The molecular weight excluding hydrogens is 364 g/mol. The number of hydrogen-bond acceptors (Lipinski definition) is 10. The Morgan fingerprint density at radius 3 is 1.28 bits per heavy atom. The molecule has 0 fully saturated rings. The SMILES string of the molecule is C.CP([O-])(=S)OP(=O)([O-])CP(=O)([O-])OP(C)([O-])=S. The van der Waals surface area contributed by atoms with E-state index in [9.17, 15) is 28.7 Å². The zero-order valence-electron chi connectivity index (χ0n) is 8.58. The average molecular weight is 376 g/mol. The van der Waals surface area contributed by atoms with E-state index in [1.807, 2.05) is 0 Å². The van der Waals surface area contributed by atoms with Gasteiger partial charge in [-0.15, -0.1) is 0 Å². The second-order valence-corrected chi connectivity index (χ2v) is 15.0. The predicted molar refractivity (Wildman–Crippen MR) is 69.4 cm³/mol. The van der Waals surface area contributed by atoms with Crippen molar-refractivity contribution >= 4 is 51.8 Å². The largest absolute Gasteiger partial charge is 0.801 e. The molecule has 0 radical (unpaired) electrons. The van der Waals surface area contributed by atoms with Gasteiger partial charge in [-0.25, -0.2) is 0 Å². The molecule has 4 unspecified atom stereocenters. The van der Waals surface area contributed by atoms with Gasteiger partial charge in [-0.2, -0.15) is 0 Å². The van der Waals surface area contributed by atoms with E-state index in [0.29, 0.717) is 0 Å². The molecule has 0 heterocycles. The van der Waals surface area contributed by atoms with Crippen LogP contribution in [0.25, 0.3) is 0 Å². The Balaban J connectivity index is 0. The lowest BCUT2D eigenvalue weighted by atomic mass is 11.9. The summed E-state index contributed by atoms with van der Waals surface area (Å²) >= 11 is 8.37. The predicted octanol–water partition coefficient (Wildman–Crippen LogP) is -0.681. The fourth-order valence-corrected chi connectivity index (χ4v) is 9.20. The minimum absolute atomic E-state index is 0. The molecule has 4 atom stereocenters. The molecule has 0 aliphatic rings. The highest BCUT2D eigenvalue weighted by atomic mass is 32.5. The molecule has 0 saturated heterocycles. The maximum absolute atomic E-state index is 11.1. The van der Waals surface area contributed by atoms with Crippen molar-refractivity contribution in [3.8, 4) is 0 Å². The van der Waals surface area contributed by atoms with Crippen LogP contribution in [0.4, 0.5) is 0 Å². The highest BCUT2D eigenvalue weighted by molar-refractivity contribution is 8.10. The van der Waals surface area contributed by atoms with Crippen molar-refractivity contribution in [2.75, 3.05) is 19.2 Å². The Morgan fingerprint density at radius 2 is 1.11 bits per heavy atom. The molecule has 0 saturated carbocycles. The van der Waals surface area contributed by atoms with Crippen molar-refractivity contribution in [2.45, 2.75) is 7.43 Å². The van der Waals surface area contributed by atoms with Crippen LogP contribution in [0.1, 0.15) is 7.43 Å². The summed E-state index contributed by atoms with van der Waals surface area (Å²) < 4.78 is 30.2. The Bertz CT molecular complexity index is 422. The summed E-state index contributed by atoms with van der Waals surface area (Å²) in [7, 11) is -10.0. The normalized spacial score (nSPS) is 24.8. The van der Waals surface area contributed by atoms with E-state index in [1.54, 1.807) is 0 Å². The minimum atomic E-state index is -5.01. The Kier molecular flexibility index (Phi) is 8.47. The first-order valence-corrected chi connectivity index (χ1v) is 13.3. The number of rotatable bonds is 6. The molecule has 0 aliphatic heterocycles. The van der Waals surface area contributed by atoms with Gasteiger partial charge in [0.25, 0.3) is 0 Å². The van der Waals surface area contributed by atoms with Crippen molar-refractivity contribution in [3.05, 3.63) is 0 Å². The van der Waals surface area contributed by atoms with E-state index >= 15 is 0 Å². The third-order valence-corrected chi connectivity index (χ3v) is 9.23. The van der Waals surface area contributed by atoms with Gasteiger partial charge in [-0.3, -0.25) is 0 Å². The van der Waals surface area contributed by atoms with E-state index in [2.05, 4.69) is 32.2 Å². The summed E-state index contributed by atoms with van der Waals surface area (Å²) in [6.07, 6.45) is 0. The van der Waals surface area contributed by atoms with Gasteiger partial charge in [-0.1, -0.05) is 31.0 Å². The van der Waals surface area contributed by atoms with Gasteiger partial charge in [0.15, 0.2) is 0 Å². The fourth-order valence-electron chi connectivity index (χ4n) is 0.716. The van der Waals surface area contributed by atoms with Gasteiger partial charge in [-0.05, 0) is 26.3 Å². The van der Waals surface area contributed by atoms with Crippen LogP contribution in [-0.2, 0) is 41.4 Å². The fraction of sp³-hybridized carbons (Fsp3) is 1.00. The van der Waals surface area contributed by atoms with Crippen molar-refractivity contribution in [1.82, 2.24) is 0 Å². The first kappa shape index (κ1) is 21.8. The quantitative estimate of drug-likeness (QED) is 0.547. The van der Waals surface area contributed by atoms with E-state index in [-0.39, 0.29) is 7.43 Å². The summed E-state index contributed by atoms with van der Waals surface area (Å²) in [4.78, 5) is 44.1. The molecule has 0 bridgehead atoms. The Morgan fingerprint density at radius 1 is 0.889 bits per heavy atom. The Labute approximate surface area is 116 Å². The summed E-state index contributed by atoms with van der Waals surface area (Å²) in [5.74, 6) is -1.61. The van der Waals surface area contributed by atoms with Crippen LogP contribution < -0.4 is 19.6 Å². The highest BCUT2D eigenvalue weighted by Crippen LogP contribution is 2.63. The Hall–Kier alpha value is 1.52. The maximum Gasteiger partial charge on any atom is 0.146 e. The topological polar surface area (TPSA) is 145 Å². The van der Waals surface area contributed by atoms with Gasteiger partial charge in [0.05, 0.1) is 5.90 Å². The molecule has 0 aromatic carbocycles. The molecule has 18 heavy (non-hydrogen) atoms. The van der Waals surface area contributed by atoms with Gasteiger partial charge in [0, 0.05) is 0 Å². The third-order valence-electron chi connectivity index (χ3n) is 0.892. The van der Waals surface area contributed by atoms with Crippen LogP contribution in [-0.4, -0.2) is 19.2 Å². The number of hydrogen-bond donors (Lipinski definition) is 0. The minimum Gasteiger partial charge on any atom is -0.801 e. The van der Waals surface area contributed by atoms with Crippen LogP contribution >= 0.6 is 28.2 Å². The van der Waals surface area contributed by atoms with Gasteiger partial charge in [0.2, 0.25) is 0 Å². The summed E-state index contributed by atoms with van der Waals surface area (Å²) in [5, 5.41) is 0. The van der Waals surface area contributed by atoms with Crippen LogP contribution in [0.2, 0.25) is 0 Å². The molecular formula is C4H12O8P4S2-4. The lowest BCUT2D eigenvalue weighted by Gasteiger charge is -2.38. The molecule has 112 valence electrons. The molecule has 14 heteroatoms. The summed E-state index contributed by atoms with van der Waals surface area (Å²) in [6, 6.07) is 0. The average Bonchev–Trinajstić information content (AvgIpc) is 1.65. The van der Waals surface area contributed by atoms with E-state index in [1.165, 1.54) is 0 Å². The van der Waals surface area contributed by atoms with Gasteiger partial charge in [0.1, 0.15) is 15.2 Å². The zero-order chi connectivity index (χ0) is 14.1. The molecule has 0 amide bonds. The summed E-state index contributed by atoms with van der Waals surface area (Å²) in [5.41, 5.74) is 0. The van der Waals surface area contributed by atoms with Crippen molar-refractivity contribution in [3.63, 3.8) is 0 Å². The van der Waals surface area contributed by atoms with Gasteiger partial charge < -0.3 is 37.3 Å². The van der Waals surface area contributed by atoms with Crippen LogP contribution in [0, 0.1) is 0 Å². The molecule has 0 aromatic rings. The third kappa shape index (κ3) is 12.5. The molecule has 0 rings (SSSR count). The second-order valence-electron chi connectivity index (χ2n) is 3.07. The first-order chi connectivity index (χ1) is 7.12. The van der Waals surface area contributed by atoms with Crippen molar-refractivity contribution < 1.29 is 37.3 Å². The highest BCUT2D eigenvalue weighted by Gasteiger charge is 2.22. The summed E-state index contributed by atoms with van der Waals surface area (Å²) in [6.45, 7) is -6.01. The smallest absolute Gasteiger partial charge is 0.146 e. The molecule has 0 aliphatic carbocycles. The monoisotopic (exact) mass is 376 g/mol. The molecule has 8 nitrogen and oxygen atoms in total. The molecule has 0 N–H and O–H groups in total. The van der Waals surface area contributed by atoms with Crippen LogP contribution in [0.15, 0.2) is 0 Å². The maximum atomic E-state index is 11.1. The first-order valence-electron chi connectivity index (χ1n) is 3.72. The zero-order valence-corrected chi connectivity index (χ0v) is 13.8. The van der Waals surface area contributed by atoms with Crippen molar-refractivity contribution in [1.29, 1.82) is 0 Å². The lowest BCUT2D eigenvalue weighted by molar-refractivity contribution is -0.210. The molecule has 0 aromatic heterocycles. The van der Waals surface area contributed by atoms with E-state index in [0.717, 1.165) is 13.3 Å². The van der Waals surface area contributed by atoms with Crippen LogP contribution in [0.3, 0.4) is 0 Å². The van der Waals surface area contributed by atoms with Gasteiger partial charge >= 0.3 is 0 Å². The standard InChI is InChI=1S/C3H12O8P4S2.CH4/c1-12(4,16)10-14(6,7)3-15(8,9)11-13(2,5)17;/h3H2,1-2H3,(H,4,16)(H,5,17)(H,6,7)(H,8,9);1H4/p-4. The second kappa shape index (κ2) is 6.99. The molecule has 0 spiro atoms. The van der Waals surface area contributed by atoms with E-state index in [4.69, 9.17) is 0 Å².